The average molecular weight is 437 g/mol. The average Bonchev–Trinajstić information content (AvgIpc) is 2.88. The summed E-state index contributed by atoms with van der Waals surface area (Å²) >= 11 is 6.11. The Kier molecular flexibility index (Phi) is 5.63. The van der Waals surface area contributed by atoms with Gasteiger partial charge < -0.3 is 10.1 Å². The second kappa shape index (κ2) is 7.84. The molecule has 1 unspecified atom stereocenters. The number of rotatable bonds is 4. The minimum Gasteiger partial charge on any atom is -0.465 e. The predicted molar refractivity (Wildman–Crippen MR) is 108 cm³/mol. The van der Waals surface area contributed by atoms with Crippen molar-refractivity contribution in [1.82, 2.24) is 0 Å². The monoisotopic (exact) mass is 436 g/mol. The van der Waals surface area contributed by atoms with Gasteiger partial charge in [-0.2, -0.15) is 0 Å². The lowest BCUT2D eigenvalue weighted by atomic mass is 10.1. The molecule has 1 heterocycles. The topological polar surface area (TPSA) is 110 Å². The number of carbonyl (C=O) groups is 3. The first kappa shape index (κ1) is 20.8. The van der Waals surface area contributed by atoms with Crippen LogP contribution in [-0.4, -0.2) is 39.1 Å². The number of anilines is 2. The number of nitrogens with zero attached hydrogens (tertiary/aromatic N) is 1. The molecule has 0 spiro atoms. The van der Waals surface area contributed by atoms with Crippen LogP contribution in [0.1, 0.15) is 27.6 Å². The largest absolute Gasteiger partial charge is 0.465 e. The molecule has 2 aromatic carbocycles. The third-order valence-corrected chi connectivity index (χ3v) is 6.50. The fourth-order valence-corrected chi connectivity index (χ4v) is 5.00. The third kappa shape index (κ3) is 4.10. The Morgan fingerprint density at radius 3 is 2.52 bits per heavy atom. The molecule has 1 N–H and O–H groups in total. The maximum absolute atomic E-state index is 12.6. The molecule has 1 aliphatic heterocycles. The van der Waals surface area contributed by atoms with Gasteiger partial charge in [0, 0.05) is 11.3 Å². The van der Waals surface area contributed by atoms with Gasteiger partial charge in [0.25, 0.3) is 5.91 Å². The Morgan fingerprint density at radius 1 is 1.17 bits per heavy atom. The van der Waals surface area contributed by atoms with Crippen molar-refractivity contribution >= 4 is 50.8 Å². The zero-order chi connectivity index (χ0) is 21.3. The first-order valence-corrected chi connectivity index (χ1v) is 10.5. The molecule has 2 amide bonds. The zero-order valence-corrected chi connectivity index (χ0v) is 17.1. The van der Waals surface area contributed by atoms with Gasteiger partial charge in [0.15, 0.2) is 0 Å². The van der Waals surface area contributed by atoms with Crippen molar-refractivity contribution in [2.75, 3.05) is 22.5 Å². The number of nitrogens with one attached hydrogen (secondary N) is 1. The van der Waals surface area contributed by atoms with Crippen LogP contribution >= 0.6 is 11.6 Å². The lowest BCUT2D eigenvalue weighted by molar-refractivity contribution is -0.119. The number of methoxy groups -OCH3 is 1. The van der Waals surface area contributed by atoms with E-state index in [1.807, 2.05) is 0 Å². The maximum Gasteiger partial charge on any atom is 0.337 e. The molecule has 1 aliphatic rings. The van der Waals surface area contributed by atoms with Crippen molar-refractivity contribution in [2.45, 2.75) is 6.92 Å². The molecule has 8 nitrogen and oxygen atoms in total. The summed E-state index contributed by atoms with van der Waals surface area (Å²) in [6.45, 7) is 1.51. The van der Waals surface area contributed by atoms with E-state index in [0.29, 0.717) is 9.99 Å². The van der Waals surface area contributed by atoms with Gasteiger partial charge in [-0.3, -0.25) is 9.59 Å². The number of hydrogen-bond donors (Lipinski definition) is 1. The van der Waals surface area contributed by atoms with Crippen molar-refractivity contribution in [2.24, 2.45) is 5.92 Å². The molecule has 1 saturated heterocycles. The summed E-state index contributed by atoms with van der Waals surface area (Å²) in [5.41, 5.74) is 0.616. The smallest absolute Gasteiger partial charge is 0.337 e. The Hall–Kier alpha value is -2.91. The molecular formula is C19H17ClN2O6S. The van der Waals surface area contributed by atoms with Gasteiger partial charge >= 0.3 is 5.97 Å². The van der Waals surface area contributed by atoms with Crippen LogP contribution in [0.4, 0.5) is 11.4 Å². The molecule has 1 atom stereocenters. The molecule has 10 heteroatoms. The minimum absolute atomic E-state index is 0.0280. The van der Waals surface area contributed by atoms with Crippen LogP contribution in [0.5, 0.6) is 0 Å². The summed E-state index contributed by atoms with van der Waals surface area (Å²) in [5, 5.41) is 2.64. The van der Waals surface area contributed by atoms with Crippen molar-refractivity contribution in [3.8, 4) is 0 Å². The van der Waals surface area contributed by atoms with Crippen molar-refractivity contribution in [1.29, 1.82) is 0 Å². The number of carbonyl (C=O) groups excluding carboxylic acids is 3. The first-order valence-electron chi connectivity index (χ1n) is 8.50. The summed E-state index contributed by atoms with van der Waals surface area (Å²) in [4.78, 5) is 36.6. The number of ether oxygens (including phenoxy) is 1. The quantitative estimate of drug-likeness (QED) is 0.738. The van der Waals surface area contributed by atoms with E-state index in [9.17, 15) is 22.8 Å². The second-order valence-electron chi connectivity index (χ2n) is 6.47. The highest BCUT2D eigenvalue weighted by atomic mass is 35.5. The van der Waals surface area contributed by atoms with Gasteiger partial charge in [-0.05, 0) is 36.4 Å². The predicted octanol–water partition coefficient (Wildman–Crippen LogP) is 2.69. The maximum atomic E-state index is 12.6. The fourth-order valence-electron chi connectivity index (χ4n) is 2.92. The molecule has 0 aromatic heterocycles. The Labute approximate surface area is 172 Å². The normalized spacial score (nSPS) is 17.8. The first-order chi connectivity index (χ1) is 13.6. The SMILES string of the molecule is COC(=O)c1cccc(NC(=O)c2ccc(Cl)c(N3C(=O)C(C)CS3(=O)=O)c2)c1. The van der Waals surface area contributed by atoms with Crippen LogP contribution < -0.4 is 9.62 Å². The Morgan fingerprint density at radius 2 is 1.90 bits per heavy atom. The molecule has 2 aromatic rings. The number of hydrogen-bond acceptors (Lipinski definition) is 6. The van der Waals surface area contributed by atoms with E-state index < -0.39 is 33.7 Å². The molecule has 29 heavy (non-hydrogen) atoms. The fraction of sp³-hybridized carbons (Fsp3) is 0.211. The van der Waals surface area contributed by atoms with Crippen molar-refractivity contribution in [3.63, 3.8) is 0 Å². The summed E-state index contributed by atoms with van der Waals surface area (Å²) in [6.07, 6.45) is 0. The van der Waals surface area contributed by atoms with Crippen LogP contribution in [-0.2, 0) is 19.6 Å². The van der Waals surface area contributed by atoms with Crippen molar-refractivity contribution < 1.29 is 27.5 Å². The third-order valence-electron chi connectivity index (χ3n) is 4.33. The highest BCUT2D eigenvalue weighted by Gasteiger charge is 2.43. The van der Waals surface area contributed by atoms with Crippen LogP contribution in [0.3, 0.4) is 0 Å². The van der Waals surface area contributed by atoms with Gasteiger partial charge in [0.2, 0.25) is 15.9 Å². The van der Waals surface area contributed by atoms with Gasteiger partial charge in [0.05, 0.1) is 35.1 Å². The van der Waals surface area contributed by atoms with E-state index in [-0.39, 0.29) is 27.6 Å². The lowest BCUT2D eigenvalue weighted by Crippen LogP contribution is -2.30. The van der Waals surface area contributed by atoms with Gasteiger partial charge in [0.1, 0.15) is 0 Å². The summed E-state index contributed by atoms with van der Waals surface area (Å²) in [7, 11) is -2.62. The molecule has 0 bridgehead atoms. The molecule has 152 valence electrons. The lowest BCUT2D eigenvalue weighted by Gasteiger charge is -2.18. The van der Waals surface area contributed by atoms with E-state index in [0.717, 1.165) is 0 Å². The standard InChI is InChI=1S/C19H17ClN2O6S/c1-11-10-29(26,27)22(18(11)24)16-9-12(6-7-15(16)20)17(23)21-14-5-3-4-13(8-14)19(25)28-2/h3-9,11H,10H2,1-2H3,(H,21,23). The highest BCUT2D eigenvalue weighted by Crippen LogP contribution is 2.34. The van der Waals surface area contributed by atoms with Crippen LogP contribution in [0.2, 0.25) is 5.02 Å². The Balaban J connectivity index is 1.91. The van der Waals surface area contributed by atoms with Gasteiger partial charge in [-0.1, -0.05) is 24.6 Å². The summed E-state index contributed by atoms with van der Waals surface area (Å²) < 4.78 is 30.0. The second-order valence-corrected chi connectivity index (χ2v) is 8.74. The number of halogens is 1. The number of amides is 2. The van der Waals surface area contributed by atoms with E-state index in [2.05, 4.69) is 10.1 Å². The molecule has 0 saturated carbocycles. The molecular weight excluding hydrogens is 420 g/mol. The molecule has 1 fully saturated rings. The van der Waals surface area contributed by atoms with Crippen molar-refractivity contribution in [3.05, 3.63) is 58.6 Å². The van der Waals surface area contributed by atoms with E-state index in [1.54, 1.807) is 12.1 Å². The number of sulfonamides is 1. The Bertz CT molecular complexity index is 1120. The highest BCUT2D eigenvalue weighted by molar-refractivity contribution is 7.94. The van der Waals surface area contributed by atoms with Crippen LogP contribution in [0, 0.1) is 5.92 Å². The van der Waals surface area contributed by atoms with E-state index in [1.165, 1.54) is 44.4 Å². The summed E-state index contributed by atoms with van der Waals surface area (Å²) in [6, 6.07) is 10.1. The summed E-state index contributed by atoms with van der Waals surface area (Å²) in [5.74, 6) is -2.74. The molecule has 0 radical (unpaired) electrons. The molecule has 0 aliphatic carbocycles. The van der Waals surface area contributed by atoms with Crippen LogP contribution in [0.25, 0.3) is 0 Å². The van der Waals surface area contributed by atoms with Crippen LogP contribution in [0.15, 0.2) is 42.5 Å². The van der Waals surface area contributed by atoms with E-state index in [4.69, 9.17) is 11.6 Å². The van der Waals surface area contributed by atoms with Gasteiger partial charge in [-0.25, -0.2) is 17.5 Å². The minimum atomic E-state index is -3.86. The number of benzene rings is 2. The zero-order valence-electron chi connectivity index (χ0n) is 15.5. The van der Waals surface area contributed by atoms with Gasteiger partial charge in [-0.15, -0.1) is 0 Å². The number of esters is 1. The molecule has 3 rings (SSSR count). The van der Waals surface area contributed by atoms with E-state index >= 15 is 0 Å².